The summed E-state index contributed by atoms with van der Waals surface area (Å²) < 4.78 is 1.84. The molecule has 21 heavy (non-hydrogen) atoms. The second kappa shape index (κ2) is 5.90. The number of hydrogen-bond acceptors (Lipinski definition) is 2. The maximum absolute atomic E-state index is 6.07. The SMILES string of the molecule is NCc1cc(-c2ccc(Cl)cc2)n(-c2cccc(Cl)c2)n1. The van der Waals surface area contributed by atoms with E-state index in [1.807, 2.05) is 59.3 Å². The van der Waals surface area contributed by atoms with Crippen molar-refractivity contribution in [1.82, 2.24) is 9.78 Å². The Balaban J connectivity index is 2.16. The first-order chi connectivity index (χ1) is 10.2. The molecule has 0 atom stereocenters. The summed E-state index contributed by atoms with van der Waals surface area (Å²) in [4.78, 5) is 0. The Hall–Kier alpha value is -1.81. The van der Waals surface area contributed by atoms with E-state index in [1.54, 1.807) is 0 Å². The molecule has 0 bridgehead atoms. The Bertz CT molecular complexity index is 763. The van der Waals surface area contributed by atoms with Crippen molar-refractivity contribution in [2.24, 2.45) is 5.73 Å². The number of aromatic nitrogens is 2. The fraction of sp³-hybridized carbons (Fsp3) is 0.0625. The molecule has 0 aliphatic rings. The Labute approximate surface area is 132 Å². The number of rotatable bonds is 3. The van der Waals surface area contributed by atoms with Crippen molar-refractivity contribution in [3.05, 3.63) is 70.3 Å². The lowest BCUT2D eigenvalue weighted by Crippen LogP contribution is -2.01. The van der Waals surface area contributed by atoms with Gasteiger partial charge in [-0.15, -0.1) is 0 Å². The van der Waals surface area contributed by atoms with Gasteiger partial charge in [0.05, 0.1) is 17.1 Å². The van der Waals surface area contributed by atoms with E-state index >= 15 is 0 Å². The first-order valence-corrected chi connectivity index (χ1v) is 7.24. The smallest absolute Gasteiger partial charge is 0.0771 e. The van der Waals surface area contributed by atoms with Gasteiger partial charge < -0.3 is 5.73 Å². The molecule has 0 saturated heterocycles. The molecule has 3 nitrogen and oxygen atoms in total. The van der Waals surface area contributed by atoms with Crippen molar-refractivity contribution in [1.29, 1.82) is 0 Å². The molecule has 3 rings (SSSR count). The molecule has 0 spiro atoms. The van der Waals surface area contributed by atoms with Gasteiger partial charge in [0.25, 0.3) is 0 Å². The quantitative estimate of drug-likeness (QED) is 0.782. The standard InChI is InChI=1S/C16H13Cl2N3/c17-12-6-4-11(5-7-12)16-9-14(10-19)20-21(16)15-3-1-2-13(18)8-15/h1-9H,10,19H2. The molecule has 2 aromatic carbocycles. The molecular weight excluding hydrogens is 305 g/mol. The maximum Gasteiger partial charge on any atom is 0.0771 e. The van der Waals surface area contributed by atoms with Gasteiger partial charge in [-0.05, 0) is 36.4 Å². The van der Waals surface area contributed by atoms with Crippen LogP contribution in [-0.2, 0) is 6.54 Å². The summed E-state index contributed by atoms with van der Waals surface area (Å²) in [5.41, 5.74) is 9.41. The molecule has 1 heterocycles. The van der Waals surface area contributed by atoms with Gasteiger partial charge in [0.2, 0.25) is 0 Å². The van der Waals surface area contributed by atoms with Crippen LogP contribution in [0.4, 0.5) is 0 Å². The second-order valence-electron chi connectivity index (χ2n) is 4.62. The van der Waals surface area contributed by atoms with Crippen LogP contribution in [0.5, 0.6) is 0 Å². The highest BCUT2D eigenvalue weighted by atomic mass is 35.5. The first kappa shape index (κ1) is 14.1. The molecule has 0 aliphatic heterocycles. The summed E-state index contributed by atoms with van der Waals surface area (Å²) in [5, 5.41) is 5.91. The van der Waals surface area contributed by atoms with Gasteiger partial charge in [-0.3, -0.25) is 0 Å². The molecule has 0 aliphatic carbocycles. The van der Waals surface area contributed by atoms with Crippen LogP contribution in [0.15, 0.2) is 54.6 Å². The van der Waals surface area contributed by atoms with E-state index in [1.165, 1.54) is 0 Å². The zero-order chi connectivity index (χ0) is 14.8. The molecule has 106 valence electrons. The Morgan fingerprint density at radius 2 is 1.71 bits per heavy atom. The van der Waals surface area contributed by atoms with Gasteiger partial charge in [0.1, 0.15) is 0 Å². The molecule has 3 aromatic rings. The average Bonchev–Trinajstić information content (AvgIpc) is 2.92. The van der Waals surface area contributed by atoms with Gasteiger partial charge in [-0.1, -0.05) is 41.4 Å². The monoisotopic (exact) mass is 317 g/mol. The number of hydrogen-bond donors (Lipinski definition) is 1. The van der Waals surface area contributed by atoms with Crippen LogP contribution in [0, 0.1) is 0 Å². The highest BCUT2D eigenvalue weighted by Crippen LogP contribution is 2.26. The van der Waals surface area contributed by atoms with Gasteiger partial charge >= 0.3 is 0 Å². The van der Waals surface area contributed by atoms with E-state index in [0.29, 0.717) is 16.6 Å². The lowest BCUT2D eigenvalue weighted by atomic mass is 10.1. The van der Waals surface area contributed by atoms with Crippen molar-refractivity contribution >= 4 is 23.2 Å². The van der Waals surface area contributed by atoms with E-state index in [2.05, 4.69) is 5.10 Å². The van der Waals surface area contributed by atoms with Crippen LogP contribution in [-0.4, -0.2) is 9.78 Å². The molecule has 2 N–H and O–H groups in total. The Kier molecular flexibility index (Phi) is 3.97. The Morgan fingerprint density at radius 1 is 0.952 bits per heavy atom. The van der Waals surface area contributed by atoms with Crippen molar-refractivity contribution in [3.63, 3.8) is 0 Å². The van der Waals surface area contributed by atoms with Crippen LogP contribution in [0.1, 0.15) is 5.69 Å². The molecule has 1 aromatic heterocycles. The van der Waals surface area contributed by atoms with E-state index in [4.69, 9.17) is 28.9 Å². The lowest BCUT2D eigenvalue weighted by Gasteiger charge is -2.08. The second-order valence-corrected chi connectivity index (χ2v) is 5.50. The number of nitrogens with zero attached hydrogens (tertiary/aromatic N) is 2. The minimum absolute atomic E-state index is 0.383. The fourth-order valence-electron chi connectivity index (χ4n) is 2.16. The summed E-state index contributed by atoms with van der Waals surface area (Å²) in [7, 11) is 0. The van der Waals surface area contributed by atoms with Crippen molar-refractivity contribution < 1.29 is 0 Å². The van der Waals surface area contributed by atoms with Crippen LogP contribution >= 0.6 is 23.2 Å². The summed E-state index contributed by atoms with van der Waals surface area (Å²) in [6.45, 7) is 0.383. The predicted molar refractivity (Wildman–Crippen MR) is 86.9 cm³/mol. The largest absolute Gasteiger partial charge is 0.325 e. The first-order valence-electron chi connectivity index (χ1n) is 6.48. The van der Waals surface area contributed by atoms with Gasteiger partial charge in [0, 0.05) is 22.2 Å². The minimum atomic E-state index is 0.383. The molecule has 5 heteroatoms. The third-order valence-electron chi connectivity index (χ3n) is 3.16. The van der Waals surface area contributed by atoms with Gasteiger partial charge in [-0.25, -0.2) is 4.68 Å². The summed E-state index contributed by atoms with van der Waals surface area (Å²) in [6, 6.07) is 17.2. The molecule has 0 amide bonds. The summed E-state index contributed by atoms with van der Waals surface area (Å²) in [6.07, 6.45) is 0. The van der Waals surface area contributed by atoms with Gasteiger partial charge in [-0.2, -0.15) is 5.10 Å². The number of nitrogens with two attached hydrogens (primary N) is 1. The maximum atomic E-state index is 6.07. The topological polar surface area (TPSA) is 43.8 Å². The van der Waals surface area contributed by atoms with Crippen molar-refractivity contribution in [2.45, 2.75) is 6.54 Å². The highest BCUT2D eigenvalue weighted by molar-refractivity contribution is 6.31. The highest BCUT2D eigenvalue weighted by Gasteiger charge is 2.11. The fourth-order valence-corrected chi connectivity index (χ4v) is 2.47. The van der Waals surface area contributed by atoms with Crippen molar-refractivity contribution in [3.8, 4) is 16.9 Å². The lowest BCUT2D eigenvalue weighted by molar-refractivity contribution is 0.838. The zero-order valence-corrected chi connectivity index (χ0v) is 12.6. The van der Waals surface area contributed by atoms with E-state index in [9.17, 15) is 0 Å². The van der Waals surface area contributed by atoms with Crippen LogP contribution in [0.3, 0.4) is 0 Å². The molecule has 0 unspecified atom stereocenters. The Morgan fingerprint density at radius 3 is 2.38 bits per heavy atom. The van der Waals surface area contributed by atoms with Crippen LogP contribution in [0.2, 0.25) is 10.0 Å². The zero-order valence-electron chi connectivity index (χ0n) is 11.1. The third-order valence-corrected chi connectivity index (χ3v) is 3.65. The normalized spacial score (nSPS) is 10.8. The van der Waals surface area contributed by atoms with Crippen LogP contribution < -0.4 is 5.73 Å². The average molecular weight is 318 g/mol. The van der Waals surface area contributed by atoms with E-state index in [-0.39, 0.29) is 0 Å². The summed E-state index contributed by atoms with van der Waals surface area (Å²) in [5.74, 6) is 0. The van der Waals surface area contributed by atoms with Crippen LogP contribution in [0.25, 0.3) is 16.9 Å². The summed E-state index contributed by atoms with van der Waals surface area (Å²) >= 11 is 12.0. The minimum Gasteiger partial charge on any atom is -0.325 e. The molecule has 0 fully saturated rings. The number of benzene rings is 2. The van der Waals surface area contributed by atoms with E-state index < -0.39 is 0 Å². The van der Waals surface area contributed by atoms with E-state index in [0.717, 1.165) is 22.6 Å². The van der Waals surface area contributed by atoms with Gasteiger partial charge in [0.15, 0.2) is 0 Å². The molecule has 0 saturated carbocycles. The predicted octanol–water partition coefficient (Wildman–Crippen LogP) is 4.30. The number of halogens is 2. The molecule has 0 radical (unpaired) electrons. The third kappa shape index (κ3) is 2.95. The van der Waals surface area contributed by atoms with Crippen molar-refractivity contribution in [2.75, 3.05) is 0 Å². The molecular formula is C16H13Cl2N3.